The summed E-state index contributed by atoms with van der Waals surface area (Å²) >= 11 is 0. The van der Waals surface area contributed by atoms with Crippen molar-refractivity contribution in [2.75, 3.05) is 11.9 Å². The van der Waals surface area contributed by atoms with E-state index in [1.54, 1.807) is 0 Å². The Bertz CT molecular complexity index is 631. The maximum absolute atomic E-state index is 11.2. The SMILES string of the molecule is Cc1nc(-c2ccc3c(c2)OCC(=O)N3)c(C)[nH]1. The maximum atomic E-state index is 11.2. The van der Waals surface area contributed by atoms with Crippen molar-refractivity contribution in [2.45, 2.75) is 13.8 Å². The molecule has 0 bridgehead atoms. The molecule has 1 aliphatic heterocycles. The first-order valence-corrected chi connectivity index (χ1v) is 5.74. The van der Waals surface area contributed by atoms with Crippen LogP contribution in [0.3, 0.4) is 0 Å². The number of aryl methyl sites for hydroxylation is 2. The fourth-order valence-electron chi connectivity index (χ4n) is 2.11. The lowest BCUT2D eigenvalue weighted by Crippen LogP contribution is -2.25. The number of aromatic amines is 1. The van der Waals surface area contributed by atoms with Crippen LogP contribution >= 0.6 is 0 Å². The van der Waals surface area contributed by atoms with Gasteiger partial charge >= 0.3 is 0 Å². The molecule has 2 N–H and O–H groups in total. The fourth-order valence-corrected chi connectivity index (χ4v) is 2.11. The molecule has 1 amide bonds. The van der Waals surface area contributed by atoms with Crippen molar-refractivity contribution in [3.8, 4) is 17.0 Å². The number of ether oxygens (including phenoxy) is 1. The minimum Gasteiger partial charge on any atom is -0.482 e. The molecule has 0 atom stereocenters. The van der Waals surface area contributed by atoms with E-state index in [0.717, 1.165) is 22.8 Å². The first kappa shape index (κ1) is 10.8. The summed E-state index contributed by atoms with van der Waals surface area (Å²) in [4.78, 5) is 18.8. The highest BCUT2D eigenvalue weighted by atomic mass is 16.5. The van der Waals surface area contributed by atoms with E-state index < -0.39 is 0 Å². The highest BCUT2D eigenvalue weighted by molar-refractivity contribution is 5.95. The molecule has 92 valence electrons. The maximum Gasteiger partial charge on any atom is 0.262 e. The van der Waals surface area contributed by atoms with Crippen LogP contribution in [-0.2, 0) is 4.79 Å². The Hall–Kier alpha value is -2.30. The summed E-state index contributed by atoms with van der Waals surface area (Å²) in [6.07, 6.45) is 0. The zero-order valence-corrected chi connectivity index (χ0v) is 10.2. The van der Waals surface area contributed by atoms with Crippen molar-refractivity contribution in [3.63, 3.8) is 0 Å². The third kappa shape index (κ3) is 1.73. The molecule has 5 heteroatoms. The number of aromatic nitrogens is 2. The lowest BCUT2D eigenvalue weighted by molar-refractivity contribution is -0.118. The third-order valence-corrected chi connectivity index (χ3v) is 2.89. The number of hydrogen-bond acceptors (Lipinski definition) is 3. The van der Waals surface area contributed by atoms with E-state index in [0.29, 0.717) is 11.4 Å². The topological polar surface area (TPSA) is 67.0 Å². The Labute approximate surface area is 104 Å². The molecule has 1 aromatic carbocycles. The van der Waals surface area contributed by atoms with Gasteiger partial charge in [0.15, 0.2) is 6.61 Å². The number of imidazole rings is 1. The summed E-state index contributed by atoms with van der Waals surface area (Å²) < 4.78 is 5.39. The molecular weight excluding hydrogens is 230 g/mol. The van der Waals surface area contributed by atoms with Gasteiger partial charge in [-0.2, -0.15) is 0 Å². The van der Waals surface area contributed by atoms with Gasteiger partial charge in [0.25, 0.3) is 5.91 Å². The zero-order chi connectivity index (χ0) is 12.7. The van der Waals surface area contributed by atoms with Gasteiger partial charge in [-0.3, -0.25) is 4.79 Å². The number of nitrogens with zero attached hydrogens (tertiary/aromatic N) is 1. The van der Waals surface area contributed by atoms with Crippen LogP contribution in [0, 0.1) is 13.8 Å². The normalized spacial score (nSPS) is 13.8. The molecule has 1 aromatic heterocycles. The number of nitrogens with one attached hydrogen (secondary N) is 2. The summed E-state index contributed by atoms with van der Waals surface area (Å²) in [6, 6.07) is 5.67. The number of rotatable bonds is 1. The van der Waals surface area contributed by atoms with Gasteiger partial charge in [-0.15, -0.1) is 0 Å². The molecule has 0 fully saturated rings. The summed E-state index contributed by atoms with van der Waals surface area (Å²) in [5, 5.41) is 2.77. The number of anilines is 1. The Kier molecular flexibility index (Phi) is 2.33. The Balaban J connectivity index is 2.05. The molecule has 0 spiro atoms. The molecule has 18 heavy (non-hydrogen) atoms. The molecule has 2 heterocycles. The minimum absolute atomic E-state index is 0.0645. The van der Waals surface area contributed by atoms with Crippen LogP contribution in [0.5, 0.6) is 5.75 Å². The molecule has 0 radical (unpaired) electrons. The number of H-pyrrole nitrogens is 1. The van der Waals surface area contributed by atoms with E-state index in [1.165, 1.54) is 0 Å². The molecule has 1 aliphatic rings. The van der Waals surface area contributed by atoms with Crippen molar-refractivity contribution in [2.24, 2.45) is 0 Å². The predicted molar refractivity (Wildman–Crippen MR) is 67.6 cm³/mol. The van der Waals surface area contributed by atoms with Crippen molar-refractivity contribution in [1.29, 1.82) is 0 Å². The molecule has 0 saturated heterocycles. The number of hydrogen-bond donors (Lipinski definition) is 2. The smallest absolute Gasteiger partial charge is 0.262 e. The average Bonchev–Trinajstić information content (AvgIpc) is 2.68. The van der Waals surface area contributed by atoms with Gasteiger partial charge in [-0.1, -0.05) is 6.07 Å². The molecular formula is C13H13N3O2. The molecule has 0 saturated carbocycles. The molecule has 3 rings (SSSR count). The van der Waals surface area contributed by atoms with E-state index in [-0.39, 0.29) is 12.5 Å². The van der Waals surface area contributed by atoms with Gasteiger partial charge in [0.2, 0.25) is 0 Å². The Morgan fingerprint density at radius 2 is 2.17 bits per heavy atom. The van der Waals surface area contributed by atoms with E-state index in [1.807, 2.05) is 32.0 Å². The Morgan fingerprint density at radius 3 is 2.89 bits per heavy atom. The average molecular weight is 243 g/mol. The lowest BCUT2D eigenvalue weighted by atomic mass is 10.1. The molecule has 2 aromatic rings. The van der Waals surface area contributed by atoms with E-state index in [2.05, 4.69) is 15.3 Å². The molecule has 0 unspecified atom stereocenters. The van der Waals surface area contributed by atoms with E-state index in [4.69, 9.17) is 4.74 Å². The third-order valence-electron chi connectivity index (χ3n) is 2.89. The van der Waals surface area contributed by atoms with Gasteiger partial charge < -0.3 is 15.0 Å². The second-order valence-corrected chi connectivity index (χ2v) is 4.34. The fraction of sp³-hybridized carbons (Fsp3) is 0.231. The number of benzene rings is 1. The van der Waals surface area contributed by atoms with Gasteiger partial charge in [-0.05, 0) is 26.0 Å². The van der Waals surface area contributed by atoms with Crippen molar-refractivity contribution < 1.29 is 9.53 Å². The Morgan fingerprint density at radius 1 is 1.33 bits per heavy atom. The largest absolute Gasteiger partial charge is 0.482 e. The second kappa shape index (κ2) is 3.87. The van der Waals surface area contributed by atoms with Crippen LogP contribution in [0.15, 0.2) is 18.2 Å². The van der Waals surface area contributed by atoms with Crippen LogP contribution in [0.4, 0.5) is 5.69 Å². The highest BCUT2D eigenvalue weighted by Crippen LogP contribution is 2.33. The number of carbonyl (C=O) groups excluding carboxylic acids is 1. The monoisotopic (exact) mass is 243 g/mol. The van der Waals surface area contributed by atoms with Crippen molar-refractivity contribution >= 4 is 11.6 Å². The summed E-state index contributed by atoms with van der Waals surface area (Å²) in [5.41, 5.74) is 3.62. The summed E-state index contributed by atoms with van der Waals surface area (Å²) in [5.74, 6) is 1.45. The number of fused-ring (bicyclic) bond motifs is 1. The van der Waals surface area contributed by atoms with Gasteiger partial charge in [-0.25, -0.2) is 4.98 Å². The summed E-state index contributed by atoms with van der Waals surface area (Å²) in [6.45, 7) is 3.97. The van der Waals surface area contributed by atoms with Crippen LogP contribution in [0.2, 0.25) is 0 Å². The highest BCUT2D eigenvalue weighted by Gasteiger charge is 2.17. The first-order valence-electron chi connectivity index (χ1n) is 5.74. The van der Waals surface area contributed by atoms with Crippen LogP contribution < -0.4 is 10.1 Å². The predicted octanol–water partition coefficient (Wildman–Crippen LogP) is 2.02. The first-order chi connectivity index (χ1) is 8.63. The number of amides is 1. The summed E-state index contributed by atoms with van der Waals surface area (Å²) in [7, 11) is 0. The lowest BCUT2D eigenvalue weighted by Gasteiger charge is -2.18. The minimum atomic E-state index is -0.123. The van der Waals surface area contributed by atoms with Gasteiger partial charge in [0, 0.05) is 11.3 Å². The second-order valence-electron chi connectivity index (χ2n) is 4.34. The van der Waals surface area contributed by atoms with Crippen molar-refractivity contribution in [1.82, 2.24) is 9.97 Å². The standard InChI is InChI=1S/C13H13N3O2/c1-7-13(15-8(2)14-7)9-3-4-10-11(5-9)18-6-12(17)16-10/h3-5H,6H2,1-2H3,(H,14,15)(H,16,17). The zero-order valence-electron chi connectivity index (χ0n) is 10.2. The van der Waals surface area contributed by atoms with Crippen LogP contribution in [-0.4, -0.2) is 22.5 Å². The van der Waals surface area contributed by atoms with Crippen molar-refractivity contribution in [3.05, 3.63) is 29.7 Å². The molecule has 0 aliphatic carbocycles. The molecule has 5 nitrogen and oxygen atoms in total. The van der Waals surface area contributed by atoms with Crippen LogP contribution in [0.1, 0.15) is 11.5 Å². The number of carbonyl (C=O) groups is 1. The quantitative estimate of drug-likeness (QED) is 0.805. The van der Waals surface area contributed by atoms with E-state index >= 15 is 0 Å². The van der Waals surface area contributed by atoms with Crippen LogP contribution in [0.25, 0.3) is 11.3 Å². The van der Waals surface area contributed by atoms with Gasteiger partial charge in [0.05, 0.1) is 11.4 Å². The van der Waals surface area contributed by atoms with Gasteiger partial charge in [0.1, 0.15) is 11.6 Å². The van der Waals surface area contributed by atoms with E-state index in [9.17, 15) is 4.79 Å².